The molecular formula is C25H26O2. The van der Waals surface area contributed by atoms with Crippen molar-refractivity contribution in [3.63, 3.8) is 0 Å². The van der Waals surface area contributed by atoms with E-state index in [1.807, 2.05) is 60.7 Å². The zero-order chi connectivity index (χ0) is 18.7. The summed E-state index contributed by atoms with van der Waals surface area (Å²) in [7, 11) is 0. The zero-order valence-corrected chi connectivity index (χ0v) is 15.8. The lowest BCUT2D eigenvalue weighted by molar-refractivity contribution is 0.130. The lowest BCUT2D eigenvalue weighted by atomic mass is 9.84. The molecule has 3 aromatic carbocycles. The van der Waals surface area contributed by atoms with E-state index in [9.17, 15) is 5.11 Å². The van der Waals surface area contributed by atoms with Crippen LogP contribution in [-0.4, -0.2) is 11.7 Å². The molecule has 0 fully saturated rings. The second-order valence-electron chi connectivity index (χ2n) is 7.24. The highest BCUT2D eigenvalue weighted by Crippen LogP contribution is 2.50. The Kier molecular flexibility index (Phi) is 5.00. The quantitative estimate of drug-likeness (QED) is 0.532. The Morgan fingerprint density at radius 1 is 0.741 bits per heavy atom. The van der Waals surface area contributed by atoms with Gasteiger partial charge in [0.1, 0.15) is 11.4 Å². The summed E-state index contributed by atoms with van der Waals surface area (Å²) in [5.74, 6) is 0.860. The second kappa shape index (κ2) is 7.58. The molecule has 0 heterocycles. The Morgan fingerprint density at radius 3 is 1.93 bits per heavy atom. The molecule has 1 aliphatic carbocycles. The van der Waals surface area contributed by atoms with Crippen LogP contribution in [0.4, 0.5) is 0 Å². The van der Waals surface area contributed by atoms with Crippen molar-refractivity contribution < 1.29 is 9.84 Å². The maximum Gasteiger partial charge on any atom is 0.141 e. The molecule has 0 spiro atoms. The predicted octanol–water partition coefficient (Wildman–Crippen LogP) is 5.91. The van der Waals surface area contributed by atoms with Gasteiger partial charge in [0, 0.05) is 11.1 Å². The first-order valence-corrected chi connectivity index (χ1v) is 9.90. The molecule has 0 bridgehead atoms. The average Bonchev–Trinajstić information content (AvgIpc) is 2.99. The van der Waals surface area contributed by atoms with E-state index in [1.165, 1.54) is 19.3 Å². The van der Waals surface area contributed by atoms with Gasteiger partial charge in [-0.1, -0.05) is 86.8 Å². The molecule has 4 rings (SSSR count). The third kappa shape index (κ3) is 3.15. The standard InChI is InChI=1S/C25H26O2/c1-2-3-4-9-18-27-20-16-14-19(15-17-20)25(26)23-12-7-5-10-21(23)22-11-6-8-13-24(22)25/h5-8,10-17,26H,2-4,9,18H2,1H3. The van der Waals surface area contributed by atoms with Crippen LogP contribution < -0.4 is 4.74 Å². The van der Waals surface area contributed by atoms with Crippen molar-refractivity contribution in [1.82, 2.24) is 0 Å². The third-order valence-electron chi connectivity index (χ3n) is 5.46. The number of hydrogen-bond donors (Lipinski definition) is 1. The van der Waals surface area contributed by atoms with Crippen LogP contribution in [0.15, 0.2) is 72.8 Å². The second-order valence-corrected chi connectivity index (χ2v) is 7.24. The maximum atomic E-state index is 11.8. The summed E-state index contributed by atoms with van der Waals surface area (Å²) < 4.78 is 5.86. The lowest BCUT2D eigenvalue weighted by Gasteiger charge is -2.26. The molecule has 0 unspecified atom stereocenters. The molecule has 27 heavy (non-hydrogen) atoms. The summed E-state index contributed by atoms with van der Waals surface area (Å²) in [5.41, 5.74) is 3.85. The van der Waals surface area contributed by atoms with Gasteiger partial charge in [-0.05, 0) is 35.2 Å². The van der Waals surface area contributed by atoms with E-state index in [1.54, 1.807) is 0 Å². The van der Waals surface area contributed by atoms with Gasteiger partial charge in [-0.2, -0.15) is 0 Å². The minimum absolute atomic E-state index is 0.745. The van der Waals surface area contributed by atoms with Gasteiger partial charge < -0.3 is 9.84 Å². The Labute approximate surface area is 161 Å². The van der Waals surface area contributed by atoms with Crippen LogP contribution in [-0.2, 0) is 5.60 Å². The van der Waals surface area contributed by atoms with Crippen molar-refractivity contribution in [3.05, 3.63) is 89.5 Å². The van der Waals surface area contributed by atoms with E-state index in [-0.39, 0.29) is 0 Å². The topological polar surface area (TPSA) is 29.5 Å². The summed E-state index contributed by atoms with van der Waals surface area (Å²) in [6, 6.07) is 24.1. The van der Waals surface area contributed by atoms with Gasteiger partial charge in [0.2, 0.25) is 0 Å². The highest BCUT2D eigenvalue weighted by atomic mass is 16.5. The van der Waals surface area contributed by atoms with Crippen LogP contribution in [0, 0.1) is 0 Å². The summed E-state index contributed by atoms with van der Waals surface area (Å²) in [6.45, 7) is 2.96. The van der Waals surface area contributed by atoms with Crippen molar-refractivity contribution in [2.24, 2.45) is 0 Å². The monoisotopic (exact) mass is 358 g/mol. The highest BCUT2D eigenvalue weighted by molar-refractivity contribution is 5.82. The van der Waals surface area contributed by atoms with E-state index >= 15 is 0 Å². The fourth-order valence-corrected chi connectivity index (χ4v) is 4.03. The molecule has 0 amide bonds. The Morgan fingerprint density at radius 2 is 1.33 bits per heavy atom. The van der Waals surface area contributed by atoms with Crippen molar-refractivity contribution in [2.75, 3.05) is 6.61 Å². The molecule has 0 radical (unpaired) electrons. The number of ether oxygens (including phenoxy) is 1. The molecule has 1 aliphatic rings. The number of benzene rings is 3. The van der Waals surface area contributed by atoms with Gasteiger partial charge in [0.15, 0.2) is 0 Å². The zero-order valence-electron chi connectivity index (χ0n) is 15.8. The van der Waals surface area contributed by atoms with E-state index in [0.717, 1.165) is 46.6 Å². The molecule has 0 aromatic heterocycles. The first-order chi connectivity index (χ1) is 13.2. The number of aliphatic hydroxyl groups is 1. The Hall–Kier alpha value is -2.58. The molecule has 0 atom stereocenters. The first-order valence-electron chi connectivity index (χ1n) is 9.90. The van der Waals surface area contributed by atoms with Crippen molar-refractivity contribution in [1.29, 1.82) is 0 Å². The van der Waals surface area contributed by atoms with Crippen LogP contribution in [0.5, 0.6) is 5.75 Å². The number of fused-ring (bicyclic) bond motifs is 3. The molecule has 2 heteroatoms. The summed E-state index contributed by atoms with van der Waals surface area (Å²) in [6.07, 6.45) is 4.78. The first kappa shape index (κ1) is 17.8. The van der Waals surface area contributed by atoms with Crippen LogP contribution >= 0.6 is 0 Å². The third-order valence-corrected chi connectivity index (χ3v) is 5.46. The molecule has 2 nitrogen and oxygen atoms in total. The van der Waals surface area contributed by atoms with E-state index in [2.05, 4.69) is 19.1 Å². The molecule has 3 aromatic rings. The fourth-order valence-electron chi connectivity index (χ4n) is 4.03. The van der Waals surface area contributed by atoms with Crippen LogP contribution in [0.2, 0.25) is 0 Å². The van der Waals surface area contributed by atoms with Gasteiger partial charge in [-0.15, -0.1) is 0 Å². The predicted molar refractivity (Wildman–Crippen MR) is 110 cm³/mol. The molecule has 0 aliphatic heterocycles. The van der Waals surface area contributed by atoms with Gasteiger partial charge in [-0.3, -0.25) is 0 Å². The Bertz CT molecular complexity index is 866. The highest BCUT2D eigenvalue weighted by Gasteiger charge is 2.42. The average molecular weight is 358 g/mol. The van der Waals surface area contributed by atoms with Gasteiger partial charge >= 0.3 is 0 Å². The normalized spacial score (nSPS) is 13.9. The van der Waals surface area contributed by atoms with Crippen LogP contribution in [0.3, 0.4) is 0 Å². The van der Waals surface area contributed by atoms with Crippen molar-refractivity contribution in [3.8, 4) is 16.9 Å². The number of unbranched alkanes of at least 4 members (excludes halogenated alkanes) is 3. The molecule has 0 saturated carbocycles. The van der Waals surface area contributed by atoms with Gasteiger partial charge in [0.05, 0.1) is 6.61 Å². The minimum atomic E-state index is -1.12. The SMILES string of the molecule is CCCCCCOc1ccc(C2(O)c3ccccc3-c3ccccc32)cc1. The number of hydrogen-bond acceptors (Lipinski definition) is 2. The van der Waals surface area contributed by atoms with Crippen molar-refractivity contribution >= 4 is 0 Å². The lowest BCUT2D eigenvalue weighted by Crippen LogP contribution is -2.26. The summed E-state index contributed by atoms with van der Waals surface area (Å²) in [5, 5.41) is 11.8. The van der Waals surface area contributed by atoms with Crippen molar-refractivity contribution in [2.45, 2.75) is 38.2 Å². The van der Waals surface area contributed by atoms with E-state index in [4.69, 9.17) is 4.74 Å². The molecular weight excluding hydrogens is 332 g/mol. The summed E-state index contributed by atoms with van der Waals surface area (Å²) >= 11 is 0. The minimum Gasteiger partial charge on any atom is -0.494 e. The smallest absolute Gasteiger partial charge is 0.141 e. The number of rotatable bonds is 7. The van der Waals surface area contributed by atoms with Gasteiger partial charge in [0.25, 0.3) is 0 Å². The molecule has 1 N–H and O–H groups in total. The van der Waals surface area contributed by atoms with Crippen LogP contribution in [0.1, 0.15) is 49.3 Å². The Balaban J connectivity index is 1.61. The molecule has 0 saturated heterocycles. The van der Waals surface area contributed by atoms with Crippen LogP contribution in [0.25, 0.3) is 11.1 Å². The summed E-state index contributed by atoms with van der Waals surface area (Å²) in [4.78, 5) is 0. The van der Waals surface area contributed by atoms with Gasteiger partial charge in [-0.25, -0.2) is 0 Å². The maximum absolute atomic E-state index is 11.8. The molecule has 138 valence electrons. The van der Waals surface area contributed by atoms with E-state index in [0.29, 0.717) is 0 Å². The largest absolute Gasteiger partial charge is 0.494 e. The fraction of sp³-hybridized carbons (Fsp3) is 0.280. The van der Waals surface area contributed by atoms with E-state index < -0.39 is 5.60 Å².